The molecule has 0 saturated carbocycles. The molecule has 9 nitrogen and oxygen atoms in total. The van der Waals surface area contributed by atoms with Crippen LogP contribution >= 0.6 is 11.6 Å². The van der Waals surface area contributed by atoms with E-state index in [1.165, 1.54) is 6.07 Å². The second-order valence-corrected chi connectivity index (χ2v) is 11.9. The zero-order chi connectivity index (χ0) is 29.9. The molecule has 0 bridgehead atoms. The topological polar surface area (TPSA) is 89.3 Å². The third-order valence-corrected chi connectivity index (χ3v) is 9.00. The molecule has 0 amide bonds. The van der Waals surface area contributed by atoms with E-state index < -0.39 is 17.6 Å². The Morgan fingerprint density at radius 2 is 1.93 bits per heavy atom. The van der Waals surface area contributed by atoms with Crippen molar-refractivity contribution in [1.29, 1.82) is 0 Å². The van der Waals surface area contributed by atoms with E-state index in [-0.39, 0.29) is 23.3 Å². The first-order chi connectivity index (χ1) is 20.7. The Kier molecular flexibility index (Phi) is 6.95. The predicted octanol–water partition coefficient (Wildman–Crippen LogP) is 5.84. The molecule has 2 saturated heterocycles. The van der Waals surface area contributed by atoms with Gasteiger partial charge >= 0.3 is 5.97 Å². The number of carboxylic acid groups (broad SMARTS) is 1. The molecule has 0 radical (unpaired) electrons. The van der Waals surface area contributed by atoms with Gasteiger partial charge in [-0.25, -0.2) is 14.2 Å². The fraction of sp³-hybridized carbons (Fsp3) is 0.375. The number of nitrogens with zero attached hydrogens (tertiary/aromatic N) is 4. The van der Waals surface area contributed by atoms with Crippen LogP contribution in [0.3, 0.4) is 0 Å². The Labute approximate surface area is 253 Å². The zero-order valence-electron chi connectivity index (χ0n) is 23.9. The molecule has 1 N–H and O–H groups in total. The lowest BCUT2D eigenvalue weighted by Gasteiger charge is -2.39. The molecule has 7 rings (SSSR count). The van der Waals surface area contributed by atoms with Gasteiger partial charge in [0.25, 0.3) is 5.79 Å². The summed E-state index contributed by atoms with van der Waals surface area (Å²) in [5.41, 5.74) is 3.02. The van der Waals surface area contributed by atoms with Crippen molar-refractivity contribution in [3.05, 3.63) is 82.4 Å². The third kappa shape index (κ3) is 4.97. The summed E-state index contributed by atoms with van der Waals surface area (Å²) in [7, 11) is 0. The number of anilines is 1. The molecule has 1 unspecified atom stereocenters. The minimum Gasteiger partial charge on any atom is -0.478 e. The number of aromatic carboxylic acids is 1. The van der Waals surface area contributed by atoms with Gasteiger partial charge in [-0.1, -0.05) is 17.7 Å². The number of piperazine rings is 1. The van der Waals surface area contributed by atoms with Crippen molar-refractivity contribution in [1.82, 2.24) is 14.5 Å². The first-order valence-corrected chi connectivity index (χ1v) is 14.9. The number of halogens is 2. The molecular weight excluding hydrogens is 575 g/mol. The van der Waals surface area contributed by atoms with Crippen molar-refractivity contribution in [3.63, 3.8) is 0 Å². The number of hydrogen-bond donors (Lipinski definition) is 1. The van der Waals surface area contributed by atoms with Gasteiger partial charge < -0.3 is 28.8 Å². The van der Waals surface area contributed by atoms with E-state index in [9.17, 15) is 14.3 Å². The van der Waals surface area contributed by atoms with Crippen molar-refractivity contribution < 1.29 is 28.5 Å². The van der Waals surface area contributed by atoms with E-state index >= 15 is 0 Å². The molecule has 2 fully saturated rings. The van der Waals surface area contributed by atoms with Crippen LogP contribution in [0.2, 0.25) is 5.02 Å². The van der Waals surface area contributed by atoms with E-state index in [0.717, 1.165) is 61.8 Å². The lowest BCUT2D eigenvalue weighted by atomic mass is 10.1. The molecule has 4 aromatic rings. The second-order valence-electron chi connectivity index (χ2n) is 11.4. The molecule has 3 aromatic carbocycles. The SMILES string of the molecule is CC(c1nc2ccc(C(=O)O)cc2n1C[C@@H]1CCO1)N1CCN(c2cccc3c2O[C@](C)(c2ccc(Cl)cc2F)O3)CC1. The van der Waals surface area contributed by atoms with Crippen LogP contribution < -0.4 is 14.4 Å². The van der Waals surface area contributed by atoms with Crippen LogP contribution in [0.5, 0.6) is 11.5 Å². The maximum absolute atomic E-state index is 14.8. The monoisotopic (exact) mass is 606 g/mol. The summed E-state index contributed by atoms with van der Waals surface area (Å²) in [4.78, 5) is 21.3. The van der Waals surface area contributed by atoms with Gasteiger partial charge in [0.1, 0.15) is 11.6 Å². The average Bonchev–Trinajstić information content (AvgIpc) is 3.51. The van der Waals surface area contributed by atoms with Crippen molar-refractivity contribution in [2.45, 2.75) is 44.7 Å². The first kappa shape index (κ1) is 27.9. The molecule has 0 spiro atoms. The van der Waals surface area contributed by atoms with Crippen LogP contribution in [-0.2, 0) is 17.1 Å². The molecule has 224 valence electrons. The van der Waals surface area contributed by atoms with Gasteiger partial charge in [0, 0.05) is 44.7 Å². The average molecular weight is 607 g/mol. The number of rotatable bonds is 7. The molecule has 1 aromatic heterocycles. The smallest absolute Gasteiger partial charge is 0.335 e. The normalized spacial score (nSPS) is 22.5. The fourth-order valence-electron chi connectivity index (χ4n) is 6.26. The molecule has 4 heterocycles. The minimum atomic E-state index is -1.31. The maximum Gasteiger partial charge on any atom is 0.335 e. The van der Waals surface area contributed by atoms with Gasteiger partial charge in [0.2, 0.25) is 0 Å². The van der Waals surface area contributed by atoms with Crippen LogP contribution in [0.25, 0.3) is 11.0 Å². The molecule has 3 aliphatic rings. The van der Waals surface area contributed by atoms with Crippen LogP contribution in [0, 0.1) is 5.82 Å². The summed E-state index contributed by atoms with van der Waals surface area (Å²) in [6.45, 7) is 8.28. The molecular formula is C32H32ClFN4O5. The van der Waals surface area contributed by atoms with Crippen LogP contribution in [0.1, 0.15) is 48.1 Å². The Hall–Kier alpha value is -3.86. The highest BCUT2D eigenvalue weighted by molar-refractivity contribution is 6.30. The van der Waals surface area contributed by atoms with Crippen LogP contribution in [0.15, 0.2) is 54.6 Å². The number of ether oxygens (including phenoxy) is 3. The predicted molar refractivity (Wildman–Crippen MR) is 160 cm³/mol. The molecule has 11 heteroatoms. The van der Waals surface area contributed by atoms with Gasteiger partial charge in [-0.2, -0.15) is 0 Å². The van der Waals surface area contributed by atoms with Crippen LogP contribution in [-0.4, -0.2) is 64.4 Å². The molecule has 0 aliphatic carbocycles. The van der Waals surface area contributed by atoms with E-state index in [0.29, 0.717) is 23.1 Å². The standard InChI is InChI=1S/C32H32ClFN4O5/c1-19(30-35-25-9-6-20(31(39)40)16-27(25)38(30)18-22-10-15-41-22)36-11-13-37(14-12-36)26-4-3-5-28-29(26)43-32(2,42-28)23-8-7-21(33)17-24(23)34/h3-9,16-17,19,22H,10-15,18H2,1-2H3,(H,39,40)/t19?,22-,32+/m0/s1. The summed E-state index contributed by atoms with van der Waals surface area (Å²) < 4.78 is 35.2. The summed E-state index contributed by atoms with van der Waals surface area (Å²) in [6.07, 6.45) is 1.07. The van der Waals surface area contributed by atoms with Crippen molar-refractivity contribution in [2.75, 3.05) is 37.7 Å². The highest BCUT2D eigenvalue weighted by atomic mass is 35.5. The van der Waals surface area contributed by atoms with Crippen molar-refractivity contribution >= 4 is 34.3 Å². The highest BCUT2D eigenvalue weighted by Crippen LogP contribution is 2.50. The van der Waals surface area contributed by atoms with E-state index in [4.69, 9.17) is 30.8 Å². The minimum absolute atomic E-state index is 0.000137. The number of hydrogen-bond acceptors (Lipinski definition) is 7. The summed E-state index contributed by atoms with van der Waals surface area (Å²) in [5, 5.41) is 9.89. The second kappa shape index (κ2) is 10.7. The number of aromatic nitrogens is 2. The van der Waals surface area contributed by atoms with E-state index in [1.807, 2.05) is 18.2 Å². The summed E-state index contributed by atoms with van der Waals surface area (Å²) >= 11 is 5.97. The lowest BCUT2D eigenvalue weighted by molar-refractivity contribution is -0.0705. The van der Waals surface area contributed by atoms with Gasteiger partial charge in [-0.15, -0.1) is 0 Å². The largest absolute Gasteiger partial charge is 0.478 e. The number of imidazole rings is 1. The Morgan fingerprint density at radius 1 is 1.14 bits per heavy atom. The number of para-hydroxylation sites is 1. The number of fused-ring (bicyclic) bond motifs is 2. The Bertz CT molecular complexity index is 1720. The number of carbonyl (C=O) groups is 1. The van der Waals surface area contributed by atoms with Crippen molar-refractivity contribution in [2.24, 2.45) is 0 Å². The zero-order valence-corrected chi connectivity index (χ0v) is 24.7. The molecule has 43 heavy (non-hydrogen) atoms. The van der Waals surface area contributed by atoms with Gasteiger partial charge in [-0.3, -0.25) is 4.90 Å². The Balaban J connectivity index is 1.10. The number of carboxylic acids is 1. The molecule has 3 aliphatic heterocycles. The van der Waals surface area contributed by atoms with E-state index in [2.05, 4.69) is 21.3 Å². The quantitative estimate of drug-likeness (QED) is 0.281. The third-order valence-electron chi connectivity index (χ3n) is 8.76. The molecule has 3 atom stereocenters. The number of benzene rings is 3. The maximum atomic E-state index is 14.8. The Morgan fingerprint density at radius 3 is 2.63 bits per heavy atom. The van der Waals surface area contributed by atoms with Gasteiger partial charge in [0.15, 0.2) is 11.5 Å². The highest BCUT2D eigenvalue weighted by Gasteiger charge is 2.43. The van der Waals surface area contributed by atoms with E-state index in [1.54, 1.807) is 37.3 Å². The summed E-state index contributed by atoms with van der Waals surface area (Å²) in [6, 6.07) is 15.3. The van der Waals surface area contributed by atoms with Gasteiger partial charge in [-0.05, 0) is 61.9 Å². The van der Waals surface area contributed by atoms with Crippen molar-refractivity contribution in [3.8, 4) is 11.5 Å². The fourth-order valence-corrected chi connectivity index (χ4v) is 6.42. The van der Waals surface area contributed by atoms with Crippen LogP contribution in [0.4, 0.5) is 10.1 Å². The lowest BCUT2D eigenvalue weighted by Crippen LogP contribution is -2.47. The summed E-state index contributed by atoms with van der Waals surface area (Å²) in [5.74, 6) is -0.691. The first-order valence-electron chi connectivity index (χ1n) is 14.5. The van der Waals surface area contributed by atoms with Gasteiger partial charge in [0.05, 0.1) is 46.5 Å².